The standard InChI is InChI=1S/C39H40N2P2/c42-26-39(32-20-27-19-28(22-32)23-33(39)21-27)38-31(25-43(35-15-7-9-17-40-35)36-16-8-10-18-41-36)24-34(29-11-3-1-4-12-29)37(38)30-13-5-2-6-14-30/h1-18,24,27-28,32-33,38H,19-23,25-26,42H2. The predicted octanol–water partition coefficient (Wildman–Crippen LogP) is 8.39. The zero-order chi connectivity index (χ0) is 28.8. The van der Waals surface area contributed by atoms with Crippen LogP contribution in [-0.2, 0) is 0 Å². The molecule has 2 aromatic heterocycles. The van der Waals surface area contributed by atoms with Gasteiger partial charge in [0.2, 0.25) is 0 Å². The van der Waals surface area contributed by atoms with E-state index in [-0.39, 0.29) is 5.41 Å². The van der Waals surface area contributed by atoms with Crippen molar-refractivity contribution in [2.45, 2.75) is 32.1 Å². The predicted molar refractivity (Wildman–Crippen MR) is 185 cm³/mol. The number of pyridine rings is 2. The Morgan fingerprint density at radius 1 is 0.651 bits per heavy atom. The molecule has 9 rings (SSSR count). The second-order valence-electron chi connectivity index (χ2n) is 13.3. The second kappa shape index (κ2) is 11.5. The fraction of sp³-hybridized carbons (Fsp3) is 0.333. The molecule has 216 valence electrons. The van der Waals surface area contributed by atoms with E-state index < -0.39 is 7.92 Å². The molecule has 4 fully saturated rings. The molecule has 4 bridgehead atoms. The molecule has 4 saturated carbocycles. The third-order valence-corrected chi connectivity index (χ3v) is 14.2. The quantitative estimate of drug-likeness (QED) is 0.190. The van der Waals surface area contributed by atoms with Crippen molar-refractivity contribution in [1.82, 2.24) is 9.97 Å². The van der Waals surface area contributed by atoms with Crippen LogP contribution in [0.1, 0.15) is 43.2 Å². The van der Waals surface area contributed by atoms with Gasteiger partial charge in [0.15, 0.2) is 0 Å². The smallest absolute Gasteiger partial charge is 0.0695 e. The molecular formula is C39H40N2P2. The molecule has 2 unspecified atom stereocenters. The minimum Gasteiger partial charge on any atom is -0.256 e. The molecule has 2 atom stereocenters. The van der Waals surface area contributed by atoms with E-state index in [0.717, 1.165) is 29.8 Å². The van der Waals surface area contributed by atoms with Gasteiger partial charge < -0.3 is 0 Å². The Morgan fingerprint density at radius 3 is 1.70 bits per heavy atom. The molecule has 2 aromatic carbocycles. The highest BCUT2D eigenvalue weighted by Crippen LogP contribution is 2.69. The van der Waals surface area contributed by atoms with Crippen LogP contribution in [0.3, 0.4) is 0 Å². The Labute approximate surface area is 260 Å². The SMILES string of the molecule is PCC1(C2C(CP(c3ccccn3)c3ccccn3)=CC(c3ccccc3)=C2c2ccccc2)C2CC3CC(C2)CC1C3. The molecule has 5 aliphatic carbocycles. The minimum atomic E-state index is -0.752. The zero-order valence-electron chi connectivity index (χ0n) is 24.7. The van der Waals surface area contributed by atoms with Crippen LogP contribution < -0.4 is 10.9 Å². The number of aromatic nitrogens is 2. The van der Waals surface area contributed by atoms with E-state index in [9.17, 15) is 0 Å². The average Bonchev–Trinajstić information content (AvgIpc) is 3.45. The van der Waals surface area contributed by atoms with Crippen LogP contribution >= 0.6 is 17.2 Å². The second-order valence-corrected chi connectivity index (χ2v) is 15.8. The number of allylic oxidation sites excluding steroid dienone is 4. The molecule has 0 amide bonds. The first-order valence-corrected chi connectivity index (χ1v) is 18.4. The molecule has 0 aliphatic heterocycles. The Balaban J connectivity index is 1.33. The van der Waals surface area contributed by atoms with E-state index >= 15 is 0 Å². The zero-order valence-corrected chi connectivity index (χ0v) is 26.8. The van der Waals surface area contributed by atoms with E-state index in [4.69, 9.17) is 9.97 Å². The Bertz CT molecular complexity index is 1560. The third-order valence-electron chi connectivity index (χ3n) is 11.2. The van der Waals surface area contributed by atoms with Crippen LogP contribution in [-0.4, -0.2) is 22.3 Å². The number of rotatable bonds is 8. The fourth-order valence-electron chi connectivity index (χ4n) is 9.71. The molecule has 2 nitrogen and oxygen atoms in total. The van der Waals surface area contributed by atoms with Crippen LogP contribution in [0.5, 0.6) is 0 Å². The number of benzene rings is 2. The Kier molecular flexibility index (Phi) is 7.41. The van der Waals surface area contributed by atoms with Gasteiger partial charge in [-0.3, -0.25) is 9.97 Å². The van der Waals surface area contributed by atoms with Gasteiger partial charge in [-0.1, -0.05) is 84.4 Å². The summed E-state index contributed by atoms with van der Waals surface area (Å²) in [6.07, 6.45) is 15.9. The van der Waals surface area contributed by atoms with Crippen LogP contribution in [0.2, 0.25) is 0 Å². The first-order chi connectivity index (χ1) is 21.2. The van der Waals surface area contributed by atoms with Gasteiger partial charge in [-0.2, -0.15) is 0 Å². The van der Waals surface area contributed by atoms with Gasteiger partial charge in [-0.15, -0.1) is 9.24 Å². The van der Waals surface area contributed by atoms with E-state index in [1.807, 2.05) is 24.5 Å². The summed E-state index contributed by atoms with van der Waals surface area (Å²) in [6, 6.07) is 35.4. The highest BCUT2D eigenvalue weighted by atomic mass is 31.1. The van der Waals surface area contributed by atoms with Gasteiger partial charge in [0.1, 0.15) is 0 Å². The van der Waals surface area contributed by atoms with Crippen molar-refractivity contribution in [3.63, 3.8) is 0 Å². The van der Waals surface area contributed by atoms with Gasteiger partial charge in [0.05, 0.1) is 10.9 Å². The molecule has 0 radical (unpaired) electrons. The van der Waals surface area contributed by atoms with Crippen molar-refractivity contribution < 1.29 is 0 Å². The summed E-state index contributed by atoms with van der Waals surface area (Å²) in [7, 11) is 2.55. The fourth-order valence-corrected chi connectivity index (χ4v) is 12.8. The van der Waals surface area contributed by atoms with Crippen molar-refractivity contribution >= 4 is 39.2 Å². The van der Waals surface area contributed by atoms with E-state index in [0.29, 0.717) is 5.92 Å². The Hall–Kier alpha value is -2.92. The average molecular weight is 599 g/mol. The lowest BCUT2D eigenvalue weighted by atomic mass is 9.42. The topological polar surface area (TPSA) is 25.8 Å². The monoisotopic (exact) mass is 598 g/mol. The van der Waals surface area contributed by atoms with Crippen LogP contribution in [0.4, 0.5) is 0 Å². The maximum absolute atomic E-state index is 4.94. The van der Waals surface area contributed by atoms with Gasteiger partial charge in [0.25, 0.3) is 0 Å². The first-order valence-electron chi connectivity index (χ1n) is 16.1. The minimum absolute atomic E-state index is 0.265. The molecule has 4 aromatic rings. The lowest BCUT2D eigenvalue weighted by Gasteiger charge is -2.64. The maximum atomic E-state index is 4.94. The highest BCUT2D eigenvalue weighted by molar-refractivity contribution is 7.72. The van der Waals surface area contributed by atoms with Crippen molar-refractivity contribution in [3.8, 4) is 0 Å². The van der Waals surface area contributed by atoms with Gasteiger partial charge >= 0.3 is 0 Å². The summed E-state index contributed by atoms with van der Waals surface area (Å²) >= 11 is 0. The van der Waals surface area contributed by atoms with Crippen molar-refractivity contribution in [3.05, 3.63) is 132 Å². The molecular weight excluding hydrogens is 558 g/mol. The lowest BCUT2D eigenvalue weighted by Crippen LogP contribution is -2.57. The number of nitrogens with zero attached hydrogens (tertiary/aromatic N) is 2. The summed E-state index contributed by atoms with van der Waals surface area (Å²) < 4.78 is 0. The molecule has 0 saturated heterocycles. The highest BCUT2D eigenvalue weighted by Gasteiger charge is 2.61. The summed E-state index contributed by atoms with van der Waals surface area (Å²) in [5.74, 6) is 3.87. The largest absolute Gasteiger partial charge is 0.256 e. The van der Waals surface area contributed by atoms with Gasteiger partial charge in [0, 0.05) is 32.4 Å². The van der Waals surface area contributed by atoms with Crippen LogP contribution in [0.15, 0.2) is 121 Å². The summed E-state index contributed by atoms with van der Waals surface area (Å²) in [4.78, 5) is 9.89. The summed E-state index contributed by atoms with van der Waals surface area (Å²) in [5, 5.41) is 0. The van der Waals surface area contributed by atoms with Gasteiger partial charge in [-0.05, 0) is 114 Å². The maximum Gasteiger partial charge on any atom is 0.0695 e. The van der Waals surface area contributed by atoms with Crippen LogP contribution in [0, 0.1) is 35.0 Å². The molecule has 2 heterocycles. The van der Waals surface area contributed by atoms with E-state index in [1.54, 1.807) is 11.1 Å². The first kappa shape index (κ1) is 27.6. The molecule has 4 heteroatoms. The number of hydrogen-bond acceptors (Lipinski definition) is 2. The third kappa shape index (κ3) is 4.77. The number of hydrogen-bond donors (Lipinski definition) is 0. The summed E-state index contributed by atoms with van der Waals surface area (Å²) in [5.41, 5.74) is 9.94. The summed E-state index contributed by atoms with van der Waals surface area (Å²) in [6.45, 7) is 0. The van der Waals surface area contributed by atoms with Gasteiger partial charge in [-0.25, -0.2) is 0 Å². The molecule has 5 aliphatic rings. The van der Waals surface area contributed by atoms with E-state index in [2.05, 4.69) is 100 Å². The van der Waals surface area contributed by atoms with E-state index in [1.165, 1.54) is 65.8 Å². The van der Waals surface area contributed by atoms with Crippen molar-refractivity contribution in [2.75, 3.05) is 12.3 Å². The lowest BCUT2D eigenvalue weighted by molar-refractivity contribution is -0.108. The Morgan fingerprint density at radius 2 is 1.19 bits per heavy atom. The van der Waals surface area contributed by atoms with Crippen molar-refractivity contribution in [1.29, 1.82) is 0 Å². The van der Waals surface area contributed by atoms with Crippen molar-refractivity contribution in [2.24, 2.45) is 35.0 Å². The normalized spacial score (nSPS) is 29.3. The molecule has 0 N–H and O–H groups in total. The van der Waals surface area contributed by atoms with Crippen LogP contribution in [0.25, 0.3) is 11.1 Å². The molecule has 43 heavy (non-hydrogen) atoms. The molecule has 0 spiro atoms.